The van der Waals surface area contributed by atoms with Crippen molar-refractivity contribution in [2.75, 3.05) is 44.4 Å². The van der Waals surface area contributed by atoms with Crippen molar-refractivity contribution in [2.24, 2.45) is 5.41 Å². The standard InChI is InChI=1S/C23H29ClN5O10P/c1-5-23(4)14(11-37-21(40(32,33)34)20(31)36-6-2)39-19(16(23)38-13(3)30)29-12-25-15-17(26-22(24)27-18(15)29)28-7-9-35-10-8-28/h1,12,14,16,19,21H,6-11H2,2-4H3,(H2,32,33,34)/t14-,16+,19-,21?,23+/m1/s1. The first-order valence-corrected chi connectivity index (χ1v) is 14.3. The zero-order valence-electron chi connectivity index (χ0n) is 21.9. The fraction of sp³-hybridized carbons (Fsp3) is 0.609. The van der Waals surface area contributed by atoms with E-state index < -0.39 is 55.8 Å². The van der Waals surface area contributed by atoms with E-state index in [9.17, 15) is 23.9 Å². The number of hydrogen-bond donors (Lipinski definition) is 2. The third-order valence-corrected chi connectivity index (χ3v) is 7.73. The molecule has 17 heteroatoms. The van der Waals surface area contributed by atoms with Gasteiger partial charge >= 0.3 is 19.5 Å². The van der Waals surface area contributed by atoms with Crippen molar-refractivity contribution >= 4 is 48.1 Å². The Morgan fingerprint density at radius 1 is 1.35 bits per heavy atom. The lowest BCUT2D eigenvalue weighted by Crippen LogP contribution is -2.42. The molecule has 15 nitrogen and oxygen atoms in total. The quantitative estimate of drug-likeness (QED) is 0.178. The van der Waals surface area contributed by atoms with Gasteiger partial charge in [-0.25, -0.2) is 9.78 Å². The Bertz CT molecular complexity index is 1360. The second-order valence-corrected chi connectivity index (χ2v) is 11.2. The van der Waals surface area contributed by atoms with Gasteiger partial charge in [0.1, 0.15) is 6.10 Å². The minimum atomic E-state index is -5.08. The van der Waals surface area contributed by atoms with E-state index in [1.807, 2.05) is 4.90 Å². The number of halogens is 1. The number of nitrogens with zero attached hydrogens (tertiary/aromatic N) is 5. The molecule has 2 aliphatic heterocycles. The Hall–Kier alpha value is -2.83. The maximum atomic E-state index is 12.2. The molecule has 0 spiro atoms. The molecule has 218 valence electrons. The molecule has 0 aliphatic carbocycles. The van der Waals surface area contributed by atoms with E-state index in [0.29, 0.717) is 37.6 Å². The van der Waals surface area contributed by atoms with E-state index in [0.717, 1.165) is 0 Å². The van der Waals surface area contributed by atoms with Crippen molar-refractivity contribution in [2.45, 2.75) is 45.1 Å². The van der Waals surface area contributed by atoms with Crippen LogP contribution in [0.25, 0.3) is 11.2 Å². The van der Waals surface area contributed by atoms with Gasteiger partial charge in [0.25, 0.3) is 5.85 Å². The number of carbonyl (C=O) groups excluding carboxylic acids is 2. The number of terminal acetylenes is 1. The molecule has 2 aromatic heterocycles. The van der Waals surface area contributed by atoms with Gasteiger partial charge in [-0.2, -0.15) is 9.97 Å². The minimum Gasteiger partial charge on any atom is -0.464 e. The first-order chi connectivity index (χ1) is 18.9. The fourth-order valence-electron chi connectivity index (χ4n) is 4.57. The van der Waals surface area contributed by atoms with Gasteiger partial charge in [-0.1, -0.05) is 5.92 Å². The van der Waals surface area contributed by atoms with Crippen LogP contribution in [-0.2, 0) is 37.8 Å². The highest BCUT2D eigenvalue weighted by Crippen LogP contribution is 2.48. The van der Waals surface area contributed by atoms with Crippen LogP contribution in [0.2, 0.25) is 5.28 Å². The van der Waals surface area contributed by atoms with E-state index in [-0.39, 0.29) is 17.5 Å². The Balaban J connectivity index is 1.72. The molecule has 2 aromatic rings. The summed E-state index contributed by atoms with van der Waals surface area (Å²) < 4.78 is 40.7. The van der Waals surface area contributed by atoms with Crippen LogP contribution < -0.4 is 4.90 Å². The molecule has 40 heavy (non-hydrogen) atoms. The third-order valence-electron chi connectivity index (χ3n) is 6.59. The molecule has 5 atom stereocenters. The molecule has 2 saturated heterocycles. The number of carbonyl (C=O) groups is 2. The maximum Gasteiger partial charge on any atom is 0.365 e. The minimum absolute atomic E-state index is 0.0590. The predicted octanol–water partition coefficient (Wildman–Crippen LogP) is 0.868. The number of morpholine rings is 1. The zero-order chi connectivity index (χ0) is 29.2. The molecule has 4 rings (SSSR count). The van der Waals surface area contributed by atoms with Crippen molar-refractivity contribution < 1.29 is 47.6 Å². The summed E-state index contributed by atoms with van der Waals surface area (Å²) in [5, 5.41) is -0.0590. The summed E-state index contributed by atoms with van der Waals surface area (Å²) in [5.41, 5.74) is -0.711. The number of esters is 2. The highest BCUT2D eigenvalue weighted by Gasteiger charge is 2.57. The van der Waals surface area contributed by atoms with E-state index >= 15 is 0 Å². The molecule has 0 bridgehead atoms. The summed E-state index contributed by atoms with van der Waals surface area (Å²) >= 11 is 6.28. The summed E-state index contributed by atoms with van der Waals surface area (Å²) in [6.45, 7) is 5.67. The van der Waals surface area contributed by atoms with Crippen LogP contribution in [0.15, 0.2) is 6.33 Å². The van der Waals surface area contributed by atoms with Crippen molar-refractivity contribution in [1.82, 2.24) is 19.5 Å². The number of rotatable bonds is 9. The van der Waals surface area contributed by atoms with Crippen molar-refractivity contribution in [1.29, 1.82) is 0 Å². The van der Waals surface area contributed by atoms with Crippen LogP contribution in [0.1, 0.15) is 27.0 Å². The average molecular weight is 602 g/mol. The second kappa shape index (κ2) is 12.0. The molecule has 0 aromatic carbocycles. The molecule has 2 aliphatic rings. The summed E-state index contributed by atoms with van der Waals surface area (Å²) in [6, 6.07) is 0. The number of ether oxygens (including phenoxy) is 5. The number of anilines is 1. The van der Waals surface area contributed by atoms with Crippen LogP contribution in [-0.4, -0.2) is 98.8 Å². The molecule has 0 radical (unpaired) electrons. The maximum absolute atomic E-state index is 12.2. The van der Waals surface area contributed by atoms with Crippen molar-refractivity contribution in [3.63, 3.8) is 0 Å². The van der Waals surface area contributed by atoms with Crippen LogP contribution >= 0.6 is 19.2 Å². The van der Waals surface area contributed by atoms with Gasteiger partial charge in [0.2, 0.25) is 5.28 Å². The largest absolute Gasteiger partial charge is 0.464 e. The molecule has 2 N–H and O–H groups in total. The number of hydrogen-bond acceptors (Lipinski definition) is 12. The SMILES string of the molecule is C#C[C@@]1(C)[C@@H](COC(C(=O)OCC)P(=O)(O)O)O[C@@H](n2cnc3c(N4CCOCC4)nc(Cl)nc32)[C@@H]1OC(C)=O. The van der Waals surface area contributed by atoms with Crippen LogP contribution in [0.4, 0.5) is 5.82 Å². The topological polar surface area (TPSA) is 185 Å². The average Bonchev–Trinajstić information content (AvgIpc) is 3.42. The lowest BCUT2D eigenvalue weighted by Gasteiger charge is -2.30. The smallest absolute Gasteiger partial charge is 0.365 e. The number of fused-ring (bicyclic) bond motifs is 1. The highest BCUT2D eigenvalue weighted by molar-refractivity contribution is 7.53. The Labute approximate surface area is 234 Å². The van der Waals surface area contributed by atoms with Crippen LogP contribution in [0.5, 0.6) is 0 Å². The van der Waals surface area contributed by atoms with Gasteiger partial charge in [-0.3, -0.25) is 13.9 Å². The van der Waals surface area contributed by atoms with Crippen LogP contribution in [0.3, 0.4) is 0 Å². The lowest BCUT2D eigenvalue weighted by molar-refractivity contribution is -0.156. The van der Waals surface area contributed by atoms with Crippen molar-refractivity contribution in [3.05, 3.63) is 11.6 Å². The third kappa shape index (κ3) is 5.94. The van der Waals surface area contributed by atoms with E-state index in [4.69, 9.17) is 41.7 Å². The van der Waals surface area contributed by atoms with E-state index in [2.05, 4.69) is 20.9 Å². The van der Waals surface area contributed by atoms with Crippen molar-refractivity contribution in [3.8, 4) is 12.3 Å². The summed E-state index contributed by atoms with van der Waals surface area (Å²) in [7, 11) is -5.08. The van der Waals surface area contributed by atoms with Gasteiger partial charge in [-0.05, 0) is 25.4 Å². The summed E-state index contributed by atoms with van der Waals surface area (Å²) in [4.78, 5) is 58.8. The second-order valence-electron chi connectivity index (χ2n) is 9.24. The molecule has 4 heterocycles. The normalized spacial score (nSPS) is 25.9. The molecule has 0 amide bonds. The molecular weight excluding hydrogens is 573 g/mol. The predicted molar refractivity (Wildman–Crippen MR) is 138 cm³/mol. The lowest BCUT2D eigenvalue weighted by atomic mass is 9.81. The van der Waals surface area contributed by atoms with Gasteiger partial charge in [0.15, 0.2) is 29.3 Å². The molecule has 1 unspecified atom stereocenters. The highest BCUT2D eigenvalue weighted by atomic mass is 35.5. The summed E-state index contributed by atoms with van der Waals surface area (Å²) in [6.07, 6.45) is 3.96. The Kier molecular flexibility index (Phi) is 9.01. The van der Waals surface area contributed by atoms with Crippen LogP contribution in [0, 0.1) is 17.8 Å². The summed E-state index contributed by atoms with van der Waals surface area (Å²) in [5.74, 6) is -1.06. The van der Waals surface area contributed by atoms with E-state index in [1.165, 1.54) is 24.7 Å². The van der Waals surface area contributed by atoms with Gasteiger partial charge < -0.3 is 38.4 Å². The fourth-order valence-corrected chi connectivity index (χ4v) is 5.36. The molecular formula is C23H29ClN5O10P. The van der Waals surface area contributed by atoms with Gasteiger partial charge in [0, 0.05) is 20.0 Å². The number of imidazole rings is 1. The Morgan fingerprint density at radius 3 is 2.65 bits per heavy atom. The Morgan fingerprint density at radius 2 is 2.05 bits per heavy atom. The first kappa shape index (κ1) is 30.1. The zero-order valence-corrected chi connectivity index (χ0v) is 23.6. The molecule has 0 saturated carbocycles. The first-order valence-electron chi connectivity index (χ1n) is 12.3. The number of aromatic nitrogens is 4. The van der Waals surface area contributed by atoms with E-state index in [1.54, 1.807) is 6.92 Å². The van der Waals surface area contributed by atoms with Gasteiger partial charge in [0.05, 0.1) is 38.2 Å². The molecule has 2 fully saturated rings. The van der Waals surface area contributed by atoms with Gasteiger partial charge in [-0.15, -0.1) is 6.42 Å². The monoisotopic (exact) mass is 601 g/mol.